The first-order chi connectivity index (χ1) is 17.1. The van der Waals surface area contributed by atoms with Crippen molar-refractivity contribution in [3.8, 4) is 0 Å². The van der Waals surface area contributed by atoms with Crippen LogP contribution in [0.5, 0.6) is 0 Å². The van der Waals surface area contributed by atoms with Gasteiger partial charge in [0.15, 0.2) is 0 Å². The fourth-order valence-corrected chi connectivity index (χ4v) is 3.97. The van der Waals surface area contributed by atoms with E-state index >= 15 is 0 Å². The number of fused-ring (bicyclic) bond motifs is 1. The van der Waals surface area contributed by atoms with Crippen molar-refractivity contribution in [2.45, 2.75) is 24.1 Å². The van der Waals surface area contributed by atoms with E-state index < -0.39 is 52.5 Å². The summed E-state index contributed by atoms with van der Waals surface area (Å²) in [5, 5.41) is 0.517. The zero-order valence-corrected chi connectivity index (χ0v) is 18.4. The second-order valence-electron chi connectivity index (χ2n) is 7.99. The zero-order valence-electron chi connectivity index (χ0n) is 18.4. The van der Waals surface area contributed by atoms with Gasteiger partial charge in [-0.05, 0) is 41.1 Å². The van der Waals surface area contributed by atoms with E-state index in [-0.39, 0.29) is 40.1 Å². The number of methoxy groups -OCH3 is 1. The van der Waals surface area contributed by atoms with E-state index in [0.29, 0.717) is 6.08 Å². The van der Waals surface area contributed by atoms with Gasteiger partial charge in [0.2, 0.25) is 5.60 Å². The standard InChI is InChI=1S/C24H14F9NO3/c1-36-20(35)18-7-6-17(15-4-2-3-5-16(15)18)19-11-21(37-34-19,24(31,32)33)12-8-13(22(25,26)27)10-14(9-12)23(28,29)30/h2-11,34H,1H3. The average molecular weight is 535 g/mol. The number of hydrogen-bond donors (Lipinski definition) is 1. The molecule has 0 aliphatic carbocycles. The molecule has 0 fully saturated rings. The molecule has 1 atom stereocenters. The molecule has 0 spiro atoms. The number of rotatable bonds is 3. The van der Waals surface area contributed by atoms with Crippen molar-refractivity contribution >= 4 is 22.4 Å². The van der Waals surface area contributed by atoms with Gasteiger partial charge in [-0.1, -0.05) is 30.3 Å². The van der Waals surface area contributed by atoms with Crippen molar-refractivity contribution in [2.75, 3.05) is 7.11 Å². The SMILES string of the molecule is COC(=O)c1ccc(C2=CC(c3cc(C(F)(F)F)cc(C(F)(F)F)c3)(C(F)(F)F)ON2)c2ccccc12. The van der Waals surface area contributed by atoms with E-state index in [9.17, 15) is 44.3 Å². The molecular weight excluding hydrogens is 521 g/mol. The van der Waals surface area contributed by atoms with Gasteiger partial charge in [0, 0.05) is 11.1 Å². The van der Waals surface area contributed by atoms with Crippen LogP contribution in [0.4, 0.5) is 39.5 Å². The molecule has 4 rings (SSSR count). The first-order valence-corrected chi connectivity index (χ1v) is 10.2. The van der Waals surface area contributed by atoms with E-state index in [2.05, 4.69) is 0 Å². The van der Waals surface area contributed by atoms with Gasteiger partial charge in [-0.15, -0.1) is 0 Å². The predicted octanol–water partition coefficient (Wildman–Crippen LogP) is 7.00. The summed E-state index contributed by atoms with van der Waals surface area (Å²) in [6.07, 6.45) is -15.9. The quantitative estimate of drug-likeness (QED) is 0.290. The number of nitrogens with one attached hydrogen (secondary N) is 1. The lowest BCUT2D eigenvalue weighted by molar-refractivity contribution is -0.269. The summed E-state index contributed by atoms with van der Waals surface area (Å²) in [4.78, 5) is 16.8. The minimum Gasteiger partial charge on any atom is -0.465 e. The van der Waals surface area contributed by atoms with Gasteiger partial charge in [0.1, 0.15) is 0 Å². The van der Waals surface area contributed by atoms with Crippen molar-refractivity contribution in [3.05, 3.63) is 88.5 Å². The fourth-order valence-electron chi connectivity index (χ4n) is 3.97. The van der Waals surface area contributed by atoms with Gasteiger partial charge in [-0.25, -0.2) is 4.79 Å². The second-order valence-corrected chi connectivity index (χ2v) is 7.99. The lowest BCUT2D eigenvalue weighted by Crippen LogP contribution is -2.43. The van der Waals surface area contributed by atoms with Crippen LogP contribution in [0.1, 0.15) is 32.6 Å². The molecule has 0 radical (unpaired) electrons. The Kier molecular flexibility index (Phi) is 6.18. The van der Waals surface area contributed by atoms with Crippen LogP contribution in [0.25, 0.3) is 16.5 Å². The summed E-state index contributed by atoms with van der Waals surface area (Å²) in [6.45, 7) is 0. The molecule has 0 saturated carbocycles. The molecule has 0 aromatic heterocycles. The number of alkyl halides is 9. The average Bonchev–Trinajstić information content (AvgIpc) is 3.28. The highest BCUT2D eigenvalue weighted by atomic mass is 19.4. The normalized spacial score (nSPS) is 18.5. The number of esters is 1. The molecule has 0 amide bonds. The van der Waals surface area contributed by atoms with Crippen LogP contribution in [0.15, 0.2) is 60.7 Å². The topological polar surface area (TPSA) is 47.6 Å². The van der Waals surface area contributed by atoms with E-state index in [0.717, 1.165) is 7.11 Å². The Morgan fingerprint density at radius 3 is 1.92 bits per heavy atom. The molecule has 4 nitrogen and oxygen atoms in total. The van der Waals surface area contributed by atoms with E-state index in [1.165, 1.54) is 30.3 Å². The maximum Gasteiger partial charge on any atom is 0.428 e. The number of carbonyl (C=O) groups is 1. The van der Waals surface area contributed by atoms with E-state index in [1.807, 2.05) is 5.48 Å². The fraction of sp³-hybridized carbons (Fsp3) is 0.208. The number of hydrogen-bond acceptors (Lipinski definition) is 4. The van der Waals surface area contributed by atoms with Crippen LogP contribution >= 0.6 is 0 Å². The molecule has 13 heteroatoms. The minimum absolute atomic E-state index is 0.0393. The summed E-state index contributed by atoms with van der Waals surface area (Å²) in [5.41, 5.74) is -7.27. The molecule has 0 saturated heterocycles. The molecule has 37 heavy (non-hydrogen) atoms. The zero-order chi connectivity index (χ0) is 27.4. The molecule has 1 aliphatic heterocycles. The lowest BCUT2D eigenvalue weighted by Gasteiger charge is -2.29. The number of halogens is 9. The van der Waals surface area contributed by atoms with Crippen molar-refractivity contribution in [1.82, 2.24) is 5.48 Å². The molecule has 1 aliphatic rings. The predicted molar refractivity (Wildman–Crippen MR) is 112 cm³/mol. The van der Waals surface area contributed by atoms with Gasteiger partial charge in [-0.2, -0.15) is 39.5 Å². The highest BCUT2D eigenvalue weighted by molar-refractivity contribution is 6.07. The highest BCUT2D eigenvalue weighted by Crippen LogP contribution is 2.50. The third-order valence-corrected chi connectivity index (χ3v) is 5.73. The minimum atomic E-state index is -5.49. The van der Waals surface area contributed by atoms with Crippen LogP contribution in [-0.4, -0.2) is 19.3 Å². The van der Waals surface area contributed by atoms with Crippen molar-refractivity contribution < 1.29 is 53.9 Å². The molecule has 1 unspecified atom stereocenters. The number of hydroxylamine groups is 1. The van der Waals surface area contributed by atoms with E-state index in [4.69, 9.17) is 9.57 Å². The Balaban J connectivity index is 1.97. The highest BCUT2D eigenvalue weighted by Gasteiger charge is 2.60. The van der Waals surface area contributed by atoms with Crippen LogP contribution in [0.2, 0.25) is 0 Å². The molecular formula is C24H14F9NO3. The van der Waals surface area contributed by atoms with Crippen LogP contribution in [0, 0.1) is 0 Å². The van der Waals surface area contributed by atoms with Crippen LogP contribution < -0.4 is 5.48 Å². The third kappa shape index (κ3) is 4.59. The first kappa shape index (κ1) is 26.3. The van der Waals surface area contributed by atoms with Gasteiger partial charge in [0.25, 0.3) is 0 Å². The maximum atomic E-state index is 14.3. The molecule has 196 valence electrons. The lowest BCUT2D eigenvalue weighted by atomic mass is 9.88. The Morgan fingerprint density at radius 1 is 0.838 bits per heavy atom. The molecule has 1 N–H and O–H groups in total. The van der Waals surface area contributed by atoms with Gasteiger partial charge in [-0.3, -0.25) is 10.3 Å². The van der Waals surface area contributed by atoms with E-state index in [1.54, 1.807) is 6.07 Å². The summed E-state index contributed by atoms with van der Waals surface area (Å²) < 4.78 is 128. The van der Waals surface area contributed by atoms with Crippen LogP contribution in [0.3, 0.4) is 0 Å². The second kappa shape index (κ2) is 8.68. The Hall–Kier alpha value is -3.74. The Morgan fingerprint density at radius 2 is 1.41 bits per heavy atom. The summed E-state index contributed by atoms with van der Waals surface area (Å²) in [5.74, 6) is -0.736. The molecule has 3 aromatic rings. The number of ether oxygens (including phenoxy) is 1. The molecule has 0 bridgehead atoms. The first-order valence-electron chi connectivity index (χ1n) is 10.2. The summed E-state index contributed by atoms with van der Waals surface area (Å²) >= 11 is 0. The van der Waals surface area contributed by atoms with Crippen molar-refractivity contribution in [2.24, 2.45) is 0 Å². The van der Waals surface area contributed by atoms with Crippen molar-refractivity contribution in [3.63, 3.8) is 0 Å². The molecule has 3 aromatic carbocycles. The smallest absolute Gasteiger partial charge is 0.428 e. The Labute approximate surface area is 202 Å². The van der Waals surface area contributed by atoms with Gasteiger partial charge < -0.3 is 4.74 Å². The van der Waals surface area contributed by atoms with Gasteiger partial charge >= 0.3 is 24.5 Å². The third-order valence-electron chi connectivity index (χ3n) is 5.73. The van der Waals surface area contributed by atoms with Crippen molar-refractivity contribution in [1.29, 1.82) is 0 Å². The number of benzene rings is 3. The summed E-state index contributed by atoms with van der Waals surface area (Å²) in [6, 6.07) is 8.15. The maximum absolute atomic E-state index is 14.3. The largest absolute Gasteiger partial charge is 0.465 e. The molecule has 1 heterocycles. The van der Waals surface area contributed by atoms with Crippen LogP contribution in [-0.2, 0) is 27.5 Å². The summed E-state index contributed by atoms with van der Waals surface area (Å²) in [7, 11) is 1.13. The van der Waals surface area contributed by atoms with Gasteiger partial charge in [0.05, 0.1) is 29.5 Å². The Bertz CT molecular complexity index is 1380. The monoisotopic (exact) mass is 535 g/mol. The number of carbonyl (C=O) groups excluding carboxylic acids is 1.